The molecule has 25 heavy (non-hydrogen) atoms. The molecule has 0 aliphatic heterocycles. The molecule has 0 aliphatic carbocycles. The van der Waals surface area contributed by atoms with Crippen LogP contribution in [-0.2, 0) is 11.8 Å². The number of hydrogen-bond donors (Lipinski definition) is 1. The van der Waals surface area contributed by atoms with Crippen LogP contribution in [0.3, 0.4) is 0 Å². The lowest BCUT2D eigenvalue weighted by Gasteiger charge is -2.26. The van der Waals surface area contributed by atoms with Crippen LogP contribution in [-0.4, -0.2) is 11.7 Å². The predicted molar refractivity (Wildman–Crippen MR) is 106 cm³/mol. The van der Waals surface area contributed by atoms with Gasteiger partial charge in [-0.05, 0) is 53.6 Å². The second kappa shape index (κ2) is 9.50. The number of phenols is 1. The summed E-state index contributed by atoms with van der Waals surface area (Å²) < 4.78 is 5.86. The molecule has 0 bridgehead atoms. The minimum absolute atomic E-state index is 0.0374. The monoisotopic (exact) mass is 340 g/mol. The van der Waals surface area contributed by atoms with Crippen molar-refractivity contribution in [3.8, 4) is 11.5 Å². The zero-order valence-corrected chi connectivity index (χ0v) is 15.9. The largest absolute Gasteiger partial charge is 0.508 e. The second-order valence-corrected chi connectivity index (χ2v) is 7.51. The Morgan fingerprint density at radius 3 is 2.12 bits per heavy atom. The van der Waals surface area contributed by atoms with Crippen molar-refractivity contribution < 1.29 is 9.84 Å². The third-order valence-corrected chi connectivity index (χ3v) is 4.73. The van der Waals surface area contributed by atoms with Crippen molar-refractivity contribution in [2.45, 2.75) is 64.7 Å². The van der Waals surface area contributed by atoms with Crippen LogP contribution in [0, 0.1) is 0 Å². The van der Waals surface area contributed by atoms with Crippen LogP contribution in [0.25, 0.3) is 0 Å². The van der Waals surface area contributed by atoms with Crippen molar-refractivity contribution in [1.82, 2.24) is 0 Å². The van der Waals surface area contributed by atoms with Gasteiger partial charge in [-0.3, -0.25) is 0 Å². The van der Waals surface area contributed by atoms with Gasteiger partial charge in [0.2, 0.25) is 0 Å². The fraction of sp³-hybridized carbons (Fsp3) is 0.478. The number of ether oxygens (including phenoxy) is 1. The van der Waals surface area contributed by atoms with Crippen molar-refractivity contribution >= 4 is 0 Å². The Kier molecular flexibility index (Phi) is 7.36. The molecule has 2 aromatic rings. The first-order valence-corrected chi connectivity index (χ1v) is 9.52. The van der Waals surface area contributed by atoms with Crippen molar-refractivity contribution in [2.75, 3.05) is 6.61 Å². The predicted octanol–water partition coefficient (Wildman–Crippen LogP) is 6.26. The van der Waals surface area contributed by atoms with Gasteiger partial charge in [0.15, 0.2) is 0 Å². The maximum absolute atomic E-state index is 9.42. The fourth-order valence-electron chi connectivity index (χ4n) is 3.12. The summed E-state index contributed by atoms with van der Waals surface area (Å²) >= 11 is 0. The molecule has 0 fully saturated rings. The van der Waals surface area contributed by atoms with E-state index in [2.05, 4.69) is 45.0 Å². The maximum atomic E-state index is 9.42. The molecular weight excluding hydrogens is 308 g/mol. The number of unbranched alkanes of at least 4 members (excludes halogenated alkanes) is 4. The van der Waals surface area contributed by atoms with Gasteiger partial charge in [-0.1, -0.05) is 70.7 Å². The molecule has 2 aromatic carbocycles. The van der Waals surface area contributed by atoms with Crippen LogP contribution in [0.15, 0.2) is 48.5 Å². The maximum Gasteiger partial charge on any atom is 0.119 e. The molecule has 0 aromatic heterocycles. The Balaban J connectivity index is 1.86. The highest BCUT2D eigenvalue weighted by Gasteiger charge is 2.21. The summed E-state index contributed by atoms with van der Waals surface area (Å²) in [6.45, 7) is 7.55. The molecule has 2 heteroatoms. The first-order valence-electron chi connectivity index (χ1n) is 9.52. The van der Waals surface area contributed by atoms with Crippen LogP contribution < -0.4 is 4.74 Å². The molecule has 0 radical (unpaired) electrons. The average Bonchev–Trinajstić information content (AvgIpc) is 2.60. The highest BCUT2D eigenvalue weighted by atomic mass is 16.5. The van der Waals surface area contributed by atoms with Crippen molar-refractivity contribution in [2.24, 2.45) is 0 Å². The Morgan fingerprint density at radius 1 is 0.840 bits per heavy atom. The molecule has 0 saturated carbocycles. The molecule has 0 heterocycles. The molecule has 0 atom stereocenters. The Hall–Kier alpha value is -1.96. The summed E-state index contributed by atoms with van der Waals surface area (Å²) in [5.41, 5.74) is 2.57. The topological polar surface area (TPSA) is 29.5 Å². The smallest absolute Gasteiger partial charge is 0.119 e. The number of rotatable bonds is 10. The van der Waals surface area contributed by atoms with E-state index in [1.54, 1.807) is 12.1 Å². The van der Waals surface area contributed by atoms with Crippen LogP contribution >= 0.6 is 0 Å². The first-order chi connectivity index (χ1) is 12.0. The minimum Gasteiger partial charge on any atom is -0.508 e. The standard InChI is InChI=1S/C23H32O2/c1-4-5-6-7-8-17-25-22-15-11-20(12-16-22)23(2,3)18-19-9-13-21(24)14-10-19/h9-16,24H,4-8,17-18H2,1-3H3. The number of phenolic OH excluding ortho intramolecular Hbond substituents is 1. The third-order valence-electron chi connectivity index (χ3n) is 4.73. The van der Waals surface area contributed by atoms with Gasteiger partial charge in [-0.2, -0.15) is 0 Å². The first kappa shape index (κ1) is 19.4. The third kappa shape index (κ3) is 6.45. The van der Waals surface area contributed by atoms with Gasteiger partial charge < -0.3 is 9.84 Å². The van der Waals surface area contributed by atoms with Gasteiger partial charge in [-0.15, -0.1) is 0 Å². The number of hydrogen-bond acceptors (Lipinski definition) is 2. The lowest BCUT2D eigenvalue weighted by Crippen LogP contribution is -2.20. The molecule has 136 valence electrons. The van der Waals surface area contributed by atoms with Crippen molar-refractivity contribution in [3.63, 3.8) is 0 Å². The van der Waals surface area contributed by atoms with E-state index in [0.29, 0.717) is 5.75 Å². The van der Waals surface area contributed by atoms with Crippen LogP contribution in [0.5, 0.6) is 11.5 Å². The molecule has 0 unspecified atom stereocenters. The van der Waals surface area contributed by atoms with Gasteiger partial charge in [0, 0.05) is 0 Å². The minimum atomic E-state index is 0.0374. The molecule has 2 rings (SSSR count). The average molecular weight is 341 g/mol. The fourth-order valence-corrected chi connectivity index (χ4v) is 3.12. The zero-order valence-electron chi connectivity index (χ0n) is 15.9. The van der Waals surface area contributed by atoms with Gasteiger partial charge in [0.1, 0.15) is 11.5 Å². The highest BCUT2D eigenvalue weighted by molar-refractivity contribution is 5.34. The molecule has 2 nitrogen and oxygen atoms in total. The van der Waals surface area contributed by atoms with Crippen LogP contribution in [0.1, 0.15) is 64.0 Å². The SMILES string of the molecule is CCCCCCCOc1ccc(C(C)(C)Cc2ccc(O)cc2)cc1. The zero-order chi connectivity index (χ0) is 18.1. The summed E-state index contributed by atoms with van der Waals surface area (Å²) in [6.07, 6.45) is 7.24. The summed E-state index contributed by atoms with van der Waals surface area (Å²) in [5, 5.41) is 9.42. The van der Waals surface area contributed by atoms with E-state index in [0.717, 1.165) is 25.2 Å². The quantitative estimate of drug-likeness (QED) is 0.517. The summed E-state index contributed by atoms with van der Waals surface area (Å²) in [5.74, 6) is 1.28. The number of benzene rings is 2. The molecular formula is C23H32O2. The number of aromatic hydroxyl groups is 1. The summed E-state index contributed by atoms with van der Waals surface area (Å²) in [7, 11) is 0. The summed E-state index contributed by atoms with van der Waals surface area (Å²) in [6, 6.07) is 16.0. The van der Waals surface area contributed by atoms with E-state index in [1.165, 1.54) is 36.8 Å². The van der Waals surface area contributed by atoms with Crippen molar-refractivity contribution in [1.29, 1.82) is 0 Å². The summed E-state index contributed by atoms with van der Waals surface area (Å²) in [4.78, 5) is 0. The van der Waals surface area contributed by atoms with Gasteiger partial charge in [-0.25, -0.2) is 0 Å². The van der Waals surface area contributed by atoms with E-state index in [9.17, 15) is 5.11 Å². The van der Waals surface area contributed by atoms with E-state index in [1.807, 2.05) is 12.1 Å². The highest BCUT2D eigenvalue weighted by Crippen LogP contribution is 2.29. The lowest BCUT2D eigenvalue weighted by molar-refractivity contribution is 0.304. The second-order valence-electron chi connectivity index (χ2n) is 7.51. The Labute approximate surface area is 152 Å². The van der Waals surface area contributed by atoms with Crippen molar-refractivity contribution in [3.05, 3.63) is 59.7 Å². The normalized spacial score (nSPS) is 11.5. The van der Waals surface area contributed by atoms with E-state index in [-0.39, 0.29) is 5.41 Å². The lowest BCUT2D eigenvalue weighted by atomic mass is 9.79. The molecule has 1 N–H and O–H groups in total. The van der Waals surface area contributed by atoms with Crippen LogP contribution in [0.4, 0.5) is 0 Å². The Bertz CT molecular complexity index is 612. The molecule has 0 amide bonds. The van der Waals surface area contributed by atoms with Gasteiger partial charge in [0.05, 0.1) is 6.61 Å². The molecule has 0 saturated heterocycles. The van der Waals surface area contributed by atoms with E-state index < -0.39 is 0 Å². The van der Waals surface area contributed by atoms with Gasteiger partial charge in [0.25, 0.3) is 0 Å². The molecule has 0 spiro atoms. The molecule has 0 aliphatic rings. The van der Waals surface area contributed by atoms with E-state index in [4.69, 9.17) is 4.74 Å². The van der Waals surface area contributed by atoms with Crippen LogP contribution in [0.2, 0.25) is 0 Å². The Morgan fingerprint density at radius 2 is 1.48 bits per heavy atom. The van der Waals surface area contributed by atoms with E-state index >= 15 is 0 Å². The van der Waals surface area contributed by atoms with Gasteiger partial charge >= 0.3 is 0 Å².